The summed E-state index contributed by atoms with van der Waals surface area (Å²) in [6.07, 6.45) is 24.2. The van der Waals surface area contributed by atoms with Crippen LogP contribution < -0.4 is 0 Å². The predicted molar refractivity (Wildman–Crippen MR) is 182 cm³/mol. The second-order valence-corrected chi connectivity index (χ2v) is 18.4. The molecule has 2 nitrogen and oxygen atoms in total. The summed E-state index contributed by atoms with van der Waals surface area (Å²) in [6.45, 7) is 24.9. The highest BCUT2D eigenvalue weighted by Gasteiger charge is 2.70. The Labute approximate surface area is 267 Å². The molecular weight excluding hydrogens is 524 g/mol. The van der Waals surface area contributed by atoms with E-state index in [2.05, 4.69) is 62.0 Å². The Balaban J connectivity index is 1.24. The second kappa shape index (κ2) is 12.4. The van der Waals surface area contributed by atoms with E-state index in [1.807, 2.05) is 0 Å². The quantitative estimate of drug-likeness (QED) is 0.135. The van der Waals surface area contributed by atoms with Gasteiger partial charge in [0.15, 0.2) is 0 Å². The van der Waals surface area contributed by atoms with Crippen molar-refractivity contribution in [1.82, 2.24) is 0 Å². The molecule has 0 N–H and O–H groups in total. The van der Waals surface area contributed by atoms with Crippen molar-refractivity contribution in [2.24, 2.45) is 56.7 Å². The number of hydrogen-bond donors (Lipinski definition) is 0. The number of unbranched alkanes of at least 4 members (excludes halogenated alkanes) is 7. The van der Waals surface area contributed by atoms with Crippen LogP contribution in [0.1, 0.15) is 177 Å². The number of fused-ring (bicyclic) bond motifs is 7. The van der Waals surface area contributed by atoms with Crippen LogP contribution in [0.3, 0.4) is 0 Å². The van der Waals surface area contributed by atoms with Crippen molar-refractivity contribution in [2.75, 3.05) is 0 Å². The van der Waals surface area contributed by atoms with Gasteiger partial charge in [-0.3, -0.25) is 4.79 Å². The Hall–Kier alpha value is -0.790. The van der Waals surface area contributed by atoms with Gasteiger partial charge in [-0.15, -0.1) is 0 Å². The number of allylic oxidation sites excluding steroid dienone is 1. The van der Waals surface area contributed by atoms with Gasteiger partial charge in [-0.25, -0.2) is 0 Å². The minimum atomic E-state index is 0.0443. The average Bonchev–Trinajstić information content (AvgIpc) is 3.30. The summed E-state index contributed by atoms with van der Waals surface area (Å²) in [4.78, 5) is 13.1. The minimum Gasteiger partial charge on any atom is -0.462 e. The van der Waals surface area contributed by atoms with Crippen molar-refractivity contribution < 1.29 is 9.53 Å². The standard InChI is InChI=1S/C41H70O2/c1-10-11-12-13-14-15-16-17-18-35(42)43-34-23-25-39(7)32(37(34,4)5)22-26-41(9)33(39)20-19-31-36-30(29(2)3)21-24-38(36,6)27-28-40(31,41)8/h30-34,36H,2,10-28H2,1,3-9H3. The molecule has 43 heavy (non-hydrogen) atoms. The summed E-state index contributed by atoms with van der Waals surface area (Å²) in [5.41, 5.74) is 3.20. The van der Waals surface area contributed by atoms with Crippen LogP contribution in [0.2, 0.25) is 0 Å². The fourth-order valence-corrected chi connectivity index (χ4v) is 13.3. The zero-order chi connectivity index (χ0) is 31.3. The molecule has 10 atom stereocenters. The second-order valence-electron chi connectivity index (χ2n) is 18.4. The third kappa shape index (κ3) is 5.62. The maximum atomic E-state index is 13.1. The summed E-state index contributed by atoms with van der Waals surface area (Å²) in [6, 6.07) is 0. The van der Waals surface area contributed by atoms with Crippen LogP contribution in [0.4, 0.5) is 0 Å². The SMILES string of the molecule is C=C(C)C1CCC2(C)CCC3(C)C(CCC4C5(C)CCC(OC(=O)CCCCCCCCCC)C(C)(C)C5CCC43C)C12. The molecule has 0 radical (unpaired) electrons. The lowest BCUT2D eigenvalue weighted by atomic mass is 9.32. The lowest BCUT2D eigenvalue weighted by Crippen LogP contribution is -2.66. The number of esters is 1. The van der Waals surface area contributed by atoms with E-state index >= 15 is 0 Å². The number of ether oxygens (including phenoxy) is 1. The van der Waals surface area contributed by atoms with Gasteiger partial charge < -0.3 is 4.74 Å². The Morgan fingerprint density at radius 3 is 2.07 bits per heavy atom. The molecule has 10 unspecified atom stereocenters. The lowest BCUT2D eigenvalue weighted by Gasteiger charge is -2.73. The van der Waals surface area contributed by atoms with Crippen molar-refractivity contribution in [3.63, 3.8) is 0 Å². The normalized spacial score (nSPS) is 44.9. The molecule has 0 heterocycles. The molecule has 0 saturated heterocycles. The zero-order valence-corrected chi connectivity index (χ0v) is 29.9. The van der Waals surface area contributed by atoms with Crippen molar-refractivity contribution in [3.8, 4) is 0 Å². The molecular formula is C41H70O2. The molecule has 0 aromatic carbocycles. The average molecular weight is 595 g/mol. The van der Waals surface area contributed by atoms with Crippen molar-refractivity contribution in [1.29, 1.82) is 0 Å². The molecule has 2 heteroatoms. The molecule has 5 fully saturated rings. The van der Waals surface area contributed by atoms with E-state index < -0.39 is 0 Å². The van der Waals surface area contributed by atoms with E-state index in [-0.39, 0.29) is 17.5 Å². The molecule has 0 spiro atoms. The maximum Gasteiger partial charge on any atom is 0.306 e. The highest BCUT2D eigenvalue weighted by Crippen LogP contribution is 2.77. The summed E-state index contributed by atoms with van der Waals surface area (Å²) < 4.78 is 6.37. The third-order valence-electron chi connectivity index (χ3n) is 15.9. The van der Waals surface area contributed by atoms with Gasteiger partial charge in [-0.2, -0.15) is 0 Å². The fraction of sp³-hybridized carbons (Fsp3) is 0.927. The van der Waals surface area contributed by atoms with Crippen LogP contribution in [-0.2, 0) is 9.53 Å². The molecule has 0 aliphatic heterocycles. The first-order valence-electron chi connectivity index (χ1n) is 19.1. The summed E-state index contributed by atoms with van der Waals surface area (Å²) in [5.74, 6) is 3.89. The van der Waals surface area contributed by atoms with Gasteiger partial charge >= 0.3 is 5.97 Å². The summed E-state index contributed by atoms with van der Waals surface area (Å²) in [5, 5.41) is 0. The minimum absolute atomic E-state index is 0.0443. The van der Waals surface area contributed by atoms with E-state index in [1.165, 1.54) is 108 Å². The van der Waals surface area contributed by atoms with Crippen LogP contribution in [0.5, 0.6) is 0 Å². The molecule has 246 valence electrons. The van der Waals surface area contributed by atoms with Crippen LogP contribution in [-0.4, -0.2) is 12.1 Å². The first-order chi connectivity index (χ1) is 20.2. The summed E-state index contributed by atoms with van der Waals surface area (Å²) >= 11 is 0. The Morgan fingerprint density at radius 1 is 0.721 bits per heavy atom. The third-order valence-corrected chi connectivity index (χ3v) is 15.9. The number of rotatable bonds is 11. The van der Waals surface area contributed by atoms with Gasteiger partial charge in [-0.05, 0) is 129 Å². The molecule has 0 bridgehead atoms. The van der Waals surface area contributed by atoms with Crippen LogP contribution in [0, 0.1) is 56.7 Å². The highest BCUT2D eigenvalue weighted by molar-refractivity contribution is 5.69. The van der Waals surface area contributed by atoms with Gasteiger partial charge in [0, 0.05) is 11.8 Å². The van der Waals surface area contributed by atoms with Crippen molar-refractivity contribution in [3.05, 3.63) is 12.2 Å². The van der Waals surface area contributed by atoms with Crippen molar-refractivity contribution >= 4 is 5.97 Å². The van der Waals surface area contributed by atoms with E-state index in [9.17, 15) is 4.79 Å². The molecule has 0 amide bonds. The van der Waals surface area contributed by atoms with Crippen molar-refractivity contribution in [2.45, 2.75) is 183 Å². The molecule has 5 aliphatic rings. The molecule has 5 saturated carbocycles. The van der Waals surface area contributed by atoms with E-state index in [4.69, 9.17) is 4.74 Å². The van der Waals surface area contributed by atoms with Gasteiger partial charge in [-0.1, -0.05) is 106 Å². The Bertz CT molecular complexity index is 1010. The number of carbonyl (C=O) groups excluding carboxylic acids is 1. The van der Waals surface area contributed by atoms with Crippen LogP contribution >= 0.6 is 0 Å². The van der Waals surface area contributed by atoms with Gasteiger partial charge in [0.05, 0.1) is 0 Å². The van der Waals surface area contributed by atoms with Crippen LogP contribution in [0.25, 0.3) is 0 Å². The zero-order valence-electron chi connectivity index (χ0n) is 29.9. The first-order valence-corrected chi connectivity index (χ1v) is 19.1. The Kier molecular flexibility index (Phi) is 9.71. The van der Waals surface area contributed by atoms with E-state index in [0.717, 1.165) is 36.5 Å². The van der Waals surface area contributed by atoms with E-state index in [0.29, 0.717) is 34.0 Å². The molecule has 0 aromatic rings. The number of carbonyl (C=O) groups is 1. The summed E-state index contributed by atoms with van der Waals surface area (Å²) in [7, 11) is 0. The Morgan fingerprint density at radius 2 is 1.40 bits per heavy atom. The largest absolute Gasteiger partial charge is 0.462 e. The van der Waals surface area contributed by atoms with E-state index in [1.54, 1.807) is 0 Å². The molecule has 5 rings (SSSR count). The van der Waals surface area contributed by atoms with Crippen LogP contribution in [0.15, 0.2) is 12.2 Å². The number of hydrogen-bond acceptors (Lipinski definition) is 2. The monoisotopic (exact) mass is 595 g/mol. The molecule has 0 aromatic heterocycles. The van der Waals surface area contributed by atoms with Gasteiger partial charge in [0.1, 0.15) is 6.10 Å². The van der Waals surface area contributed by atoms with Gasteiger partial charge in [0.2, 0.25) is 0 Å². The van der Waals surface area contributed by atoms with Gasteiger partial charge in [0.25, 0.3) is 0 Å². The maximum absolute atomic E-state index is 13.1. The molecule has 5 aliphatic carbocycles. The topological polar surface area (TPSA) is 26.3 Å². The smallest absolute Gasteiger partial charge is 0.306 e. The highest BCUT2D eigenvalue weighted by atomic mass is 16.5. The fourth-order valence-electron chi connectivity index (χ4n) is 13.3. The first kappa shape index (κ1) is 33.6. The predicted octanol–water partition coefficient (Wildman–Crippen LogP) is 12.1. The lowest BCUT2D eigenvalue weighted by molar-refractivity contribution is -0.249.